The van der Waals surface area contributed by atoms with E-state index in [1.54, 1.807) is 19.1 Å². The normalized spacial score (nSPS) is 15.1. The van der Waals surface area contributed by atoms with Gasteiger partial charge in [-0.15, -0.1) is 0 Å². The van der Waals surface area contributed by atoms with Crippen LogP contribution in [-0.4, -0.2) is 38.2 Å². The van der Waals surface area contributed by atoms with Gasteiger partial charge in [-0.25, -0.2) is 9.37 Å². The summed E-state index contributed by atoms with van der Waals surface area (Å²) in [6.07, 6.45) is 6.04. The molecule has 1 aliphatic rings. The van der Waals surface area contributed by atoms with E-state index in [-0.39, 0.29) is 5.75 Å². The molecule has 2 N–H and O–H groups in total. The van der Waals surface area contributed by atoms with Gasteiger partial charge in [0.05, 0.1) is 32.0 Å². The van der Waals surface area contributed by atoms with Gasteiger partial charge >= 0.3 is 0 Å². The van der Waals surface area contributed by atoms with Crippen LogP contribution in [0.3, 0.4) is 0 Å². The van der Waals surface area contributed by atoms with Crippen LogP contribution in [0, 0.1) is 5.82 Å². The number of nitrogens with zero attached hydrogens (tertiary/aromatic N) is 4. The van der Waals surface area contributed by atoms with Crippen molar-refractivity contribution in [2.45, 2.75) is 32.3 Å². The number of anilines is 1. The molecule has 0 bridgehead atoms. The lowest BCUT2D eigenvalue weighted by molar-refractivity contribution is 0.217. The summed E-state index contributed by atoms with van der Waals surface area (Å²) in [5, 5.41) is 8.27. The number of imidazole rings is 1. The van der Waals surface area contributed by atoms with E-state index in [9.17, 15) is 0 Å². The van der Waals surface area contributed by atoms with E-state index in [2.05, 4.69) is 42.2 Å². The molecule has 2 aromatic carbocycles. The Morgan fingerprint density at radius 2 is 1.81 bits per heavy atom. The van der Waals surface area contributed by atoms with E-state index < -0.39 is 11.9 Å². The molecule has 1 saturated heterocycles. The Morgan fingerprint density at radius 1 is 1.03 bits per heavy atom. The van der Waals surface area contributed by atoms with Crippen LogP contribution < -0.4 is 9.64 Å². The van der Waals surface area contributed by atoms with E-state index in [4.69, 9.17) is 27.9 Å². The molecule has 1 aliphatic heterocycles. The maximum atomic E-state index is 15.8. The van der Waals surface area contributed by atoms with Gasteiger partial charge in [0, 0.05) is 36.7 Å². The molecular formula is C26H23Cl2FN6O. The zero-order valence-corrected chi connectivity index (χ0v) is 21.0. The van der Waals surface area contributed by atoms with E-state index in [0.29, 0.717) is 38.0 Å². The maximum absolute atomic E-state index is 15.8. The topological polar surface area (TPSA) is 82.7 Å². The van der Waals surface area contributed by atoms with Gasteiger partial charge in [0.25, 0.3) is 0 Å². The SMILES string of the molecule is CC(Oc1ccc2[nH]nc(-c3nc4ccc(N5CCCCC5)cc4[nH]3)c2c1F)c1c(Cl)cncc1Cl. The lowest BCUT2D eigenvalue weighted by Crippen LogP contribution is -2.29. The fourth-order valence-corrected chi connectivity index (χ4v) is 5.51. The molecule has 4 heterocycles. The standard InChI is InChI=1S/C26H23Cl2FN6O/c1-14(22-16(27)12-30-13-17(22)28)36-21-8-7-19-23(24(21)29)25(34-33-19)26-31-18-6-5-15(11-20(18)32-26)35-9-3-2-4-10-35/h5-8,11-14H,2-4,9-10H2,1H3,(H,31,32)(H,33,34). The number of piperidine rings is 1. The summed E-state index contributed by atoms with van der Waals surface area (Å²) >= 11 is 12.5. The molecule has 3 aromatic heterocycles. The number of ether oxygens (including phenoxy) is 1. The van der Waals surface area contributed by atoms with E-state index in [1.165, 1.54) is 31.7 Å². The van der Waals surface area contributed by atoms with Gasteiger partial charge in [-0.05, 0) is 56.5 Å². The van der Waals surface area contributed by atoms with Gasteiger partial charge in [-0.3, -0.25) is 10.1 Å². The molecule has 1 fully saturated rings. The number of benzene rings is 2. The van der Waals surface area contributed by atoms with Crippen molar-refractivity contribution >= 4 is 50.8 Å². The van der Waals surface area contributed by atoms with Crippen molar-refractivity contribution in [3.05, 3.63) is 64.2 Å². The van der Waals surface area contributed by atoms with Crippen LogP contribution in [0.2, 0.25) is 10.0 Å². The number of fused-ring (bicyclic) bond motifs is 2. The highest BCUT2D eigenvalue weighted by molar-refractivity contribution is 6.35. The molecule has 5 aromatic rings. The summed E-state index contributed by atoms with van der Waals surface area (Å²) in [7, 11) is 0. The molecule has 1 atom stereocenters. The maximum Gasteiger partial charge on any atom is 0.176 e. The van der Waals surface area contributed by atoms with Crippen LogP contribution in [0.1, 0.15) is 37.9 Å². The first-order chi connectivity index (χ1) is 17.5. The summed E-state index contributed by atoms with van der Waals surface area (Å²) in [5.41, 5.74) is 4.31. The first kappa shape index (κ1) is 23.1. The summed E-state index contributed by atoms with van der Waals surface area (Å²) in [5.74, 6) is 0.000296. The number of nitrogens with one attached hydrogen (secondary N) is 2. The Labute approximate surface area is 216 Å². The third-order valence-corrected chi connectivity index (χ3v) is 7.25. The highest BCUT2D eigenvalue weighted by Crippen LogP contribution is 2.37. The molecule has 0 amide bonds. The van der Waals surface area contributed by atoms with Gasteiger partial charge in [-0.2, -0.15) is 5.10 Å². The zero-order valence-electron chi connectivity index (χ0n) is 19.5. The predicted octanol–water partition coefficient (Wildman–Crippen LogP) is 7.08. The van der Waals surface area contributed by atoms with Crippen molar-refractivity contribution < 1.29 is 9.13 Å². The molecule has 36 heavy (non-hydrogen) atoms. The number of pyridine rings is 1. The number of aromatic nitrogens is 5. The van der Waals surface area contributed by atoms with Crippen molar-refractivity contribution in [1.29, 1.82) is 0 Å². The molecule has 10 heteroatoms. The summed E-state index contributed by atoms with van der Waals surface area (Å²) in [6, 6.07) is 9.46. The predicted molar refractivity (Wildman–Crippen MR) is 141 cm³/mol. The average Bonchev–Trinajstić information content (AvgIpc) is 3.50. The molecular weight excluding hydrogens is 502 g/mol. The Hall–Kier alpha value is -3.36. The van der Waals surface area contributed by atoms with E-state index >= 15 is 4.39 Å². The number of hydrogen-bond donors (Lipinski definition) is 2. The number of rotatable bonds is 5. The Bertz CT molecular complexity index is 1560. The van der Waals surface area contributed by atoms with Crippen molar-refractivity contribution in [3.8, 4) is 17.3 Å². The fourth-order valence-electron chi connectivity index (χ4n) is 4.83. The third-order valence-electron chi connectivity index (χ3n) is 6.64. The monoisotopic (exact) mass is 524 g/mol. The highest BCUT2D eigenvalue weighted by Gasteiger charge is 2.22. The second kappa shape index (κ2) is 9.26. The number of hydrogen-bond acceptors (Lipinski definition) is 5. The van der Waals surface area contributed by atoms with E-state index in [0.717, 1.165) is 29.8 Å². The van der Waals surface area contributed by atoms with Crippen LogP contribution in [0.5, 0.6) is 5.75 Å². The van der Waals surface area contributed by atoms with Crippen LogP contribution in [0.4, 0.5) is 10.1 Å². The number of H-pyrrole nitrogens is 2. The third kappa shape index (κ3) is 4.04. The highest BCUT2D eigenvalue weighted by atomic mass is 35.5. The van der Waals surface area contributed by atoms with Gasteiger partial charge in [0.2, 0.25) is 0 Å². The minimum atomic E-state index is -0.602. The van der Waals surface area contributed by atoms with Gasteiger partial charge < -0.3 is 14.6 Å². The van der Waals surface area contributed by atoms with Crippen molar-refractivity contribution in [2.24, 2.45) is 0 Å². The minimum absolute atomic E-state index is 0.0603. The van der Waals surface area contributed by atoms with Crippen LogP contribution in [0.25, 0.3) is 33.5 Å². The van der Waals surface area contributed by atoms with Crippen LogP contribution >= 0.6 is 23.2 Å². The molecule has 0 spiro atoms. The molecule has 6 rings (SSSR count). The summed E-state index contributed by atoms with van der Waals surface area (Å²) < 4.78 is 21.7. The van der Waals surface area contributed by atoms with Gasteiger partial charge in [0.1, 0.15) is 11.8 Å². The molecule has 1 unspecified atom stereocenters. The average molecular weight is 525 g/mol. The number of halogens is 3. The molecule has 7 nitrogen and oxygen atoms in total. The van der Waals surface area contributed by atoms with Crippen molar-refractivity contribution in [3.63, 3.8) is 0 Å². The summed E-state index contributed by atoms with van der Waals surface area (Å²) in [4.78, 5) is 14.4. The van der Waals surface area contributed by atoms with E-state index in [1.807, 2.05) is 6.07 Å². The Balaban J connectivity index is 1.36. The second-order valence-corrected chi connectivity index (χ2v) is 9.80. The smallest absolute Gasteiger partial charge is 0.176 e. The lowest BCUT2D eigenvalue weighted by atomic mass is 10.1. The minimum Gasteiger partial charge on any atom is -0.483 e. The first-order valence-electron chi connectivity index (χ1n) is 11.9. The molecule has 184 valence electrons. The largest absolute Gasteiger partial charge is 0.483 e. The fraction of sp³-hybridized carbons (Fsp3) is 0.269. The van der Waals surface area contributed by atoms with Crippen molar-refractivity contribution in [2.75, 3.05) is 18.0 Å². The Kier molecular flexibility index (Phi) is 5.93. The van der Waals surface area contributed by atoms with Crippen molar-refractivity contribution in [1.82, 2.24) is 25.1 Å². The first-order valence-corrected chi connectivity index (χ1v) is 12.6. The molecule has 0 saturated carbocycles. The number of aromatic amines is 2. The quantitative estimate of drug-likeness (QED) is 0.256. The molecule has 0 radical (unpaired) electrons. The van der Waals surface area contributed by atoms with Gasteiger partial charge in [0.15, 0.2) is 17.4 Å². The Morgan fingerprint density at radius 3 is 2.58 bits per heavy atom. The lowest BCUT2D eigenvalue weighted by Gasteiger charge is -2.28. The van der Waals surface area contributed by atoms with Crippen LogP contribution in [0.15, 0.2) is 42.7 Å². The van der Waals surface area contributed by atoms with Gasteiger partial charge in [-0.1, -0.05) is 23.2 Å². The molecule has 0 aliphatic carbocycles. The zero-order chi connectivity index (χ0) is 24.8. The summed E-state index contributed by atoms with van der Waals surface area (Å²) in [6.45, 7) is 3.86. The second-order valence-electron chi connectivity index (χ2n) is 8.98. The van der Waals surface area contributed by atoms with Crippen LogP contribution in [-0.2, 0) is 0 Å².